The maximum atomic E-state index is 15.4. The number of amides is 2. The lowest BCUT2D eigenvalue weighted by atomic mass is 9.87. The van der Waals surface area contributed by atoms with Crippen LogP contribution in [0.2, 0.25) is 5.02 Å². The number of fused-ring (bicyclic) bond motifs is 1. The topological polar surface area (TPSA) is 112 Å². The molecule has 9 nitrogen and oxygen atoms in total. The number of carbonyl (C=O) groups excluding carboxylic acids is 2. The number of halogens is 2. The lowest BCUT2D eigenvalue weighted by Crippen LogP contribution is -2.44. The molecule has 2 aliphatic heterocycles. The van der Waals surface area contributed by atoms with E-state index >= 15 is 4.39 Å². The third kappa shape index (κ3) is 7.32. The lowest BCUT2D eigenvalue weighted by molar-refractivity contribution is -0.144. The standard InChI is InChI=1S/C33H37ClFN3O6S/c34-27-13-21(28(35)16-29(27)36-32(40)26-19-44-30-4-2-1-3-25(26)30)14-31(39)38-17-22(37-9-11-45-12-10-37)15-23(38)18-43-24-7-5-20(6-8-24)33(41)42/h1-4,13,16,19-20,22-24H,5-12,14-15,17-18H2,(H,36,40)(H,41,42)/t20-,22-,23-,24-/m0/s1. The summed E-state index contributed by atoms with van der Waals surface area (Å²) >= 11 is 8.42. The van der Waals surface area contributed by atoms with Crippen molar-refractivity contribution < 1.29 is 33.0 Å². The molecule has 2 saturated heterocycles. The average molecular weight is 658 g/mol. The molecule has 3 heterocycles. The van der Waals surface area contributed by atoms with Crippen LogP contribution < -0.4 is 5.32 Å². The number of carboxylic acid groups (broad SMARTS) is 1. The van der Waals surface area contributed by atoms with Crippen LogP contribution in [0, 0.1) is 11.7 Å². The molecule has 2 atom stereocenters. The van der Waals surface area contributed by atoms with Crippen molar-refractivity contribution in [3.05, 3.63) is 64.6 Å². The van der Waals surface area contributed by atoms with E-state index in [9.17, 15) is 19.5 Å². The van der Waals surface area contributed by atoms with Gasteiger partial charge in [0.2, 0.25) is 5.91 Å². The number of hydrogen-bond donors (Lipinski definition) is 2. The number of anilines is 1. The van der Waals surface area contributed by atoms with Gasteiger partial charge >= 0.3 is 5.97 Å². The van der Waals surface area contributed by atoms with Crippen LogP contribution >= 0.6 is 23.4 Å². The van der Waals surface area contributed by atoms with E-state index in [4.69, 9.17) is 20.8 Å². The van der Waals surface area contributed by atoms with Crippen LogP contribution in [0.4, 0.5) is 10.1 Å². The van der Waals surface area contributed by atoms with E-state index in [2.05, 4.69) is 10.2 Å². The zero-order valence-corrected chi connectivity index (χ0v) is 26.5. The summed E-state index contributed by atoms with van der Waals surface area (Å²) in [7, 11) is 0. The molecule has 6 rings (SSSR count). The zero-order valence-electron chi connectivity index (χ0n) is 24.9. The van der Waals surface area contributed by atoms with Gasteiger partial charge in [0.25, 0.3) is 5.91 Å². The quantitative estimate of drug-likeness (QED) is 0.302. The molecule has 0 spiro atoms. The first-order valence-corrected chi connectivity index (χ1v) is 17.0. The minimum absolute atomic E-state index is 0.0259. The fourth-order valence-electron chi connectivity index (χ4n) is 6.71. The Kier molecular flexibility index (Phi) is 9.99. The second-order valence-corrected chi connectivity index (χ2v) is 13.7. The van der Waals surface area contributed by atoms with Crippen molar-refractivity contribution in [3.8, 4) is 0 Å². The van der Waals surface area contributed by atoms with E-state index in [-0.39, 0.29) is 52.7 Å². The van der Waals surface area contributed by atoms with E-state index in [0.717, 1.165) is 37.1 Å². The van der Waals surface area contributed by atoms with Gasteiger partial charge in [-0.25, -0.2) is 4.39 Å². The molecule has 0 unspecified atom stereocenters. The highest BCUT2D eigenvalue weighted by Crippen LogP contribution is 2.32. The van der Waals surface area contributed by atoms with Crippen molar-refractivity contribution in [2.24, 2.45) is 5.92 Å². The molecule has 45 heavy (non-hydrogen) atoms. The molecule has 2 aromatic carbocycles. The third-order valence-electron chi connectivity index (χ3n) is 9.27. The van der Waals surface area contributed by atoms with Crippen molar-refractivity contribution in [3.63, 3.8) is 0 Å². The maximum absolute atomic E-state index is 15.4. The number of aliphatic carboxylic acids is 1. The van der Waals surface area contributed by atoms with Crippen LogP contribution in [0.15, 0.2) is 47.1 Å². The van der Waals surface area contributed by atoms with Gasteiger partial charge in [0.15, 0.2) is 0 Å². The first-order valence-electron chi connectivity index (χ1n) is 15.5. The molecule has 1 aliphatic carbocycles. The summed E-state index contributed by atoms with van der Waals surface area (Å²) in [5, 5.41) is 12.7. The van der Waals surface area contributed by atoms with Gasteiger partial charge < -0.3 is 24.5 Å². The molecule has 0 bridgehead atoms. The van der Waals surface area contributed by atoms with Gasteiger partial charge in [-0.2, -0.15) is 11.8 Å². The van der Waals surface area contributed by atoms with E-state index < -0.39 is 17.7 Å². The highest BCUT2D eigenvalue weighted by molar-refractivity contribution is 7.99. The average Bonchev–Trinajstić information content (AvgIpc) is 3.68. The monoisotopic (exact) mass is 657 g/mol. The number of carbonyl (C=O) groups is 3. The zero-order chi connectivity index (χ0) is 31.5. The third-order valence-corrected chi connectivity index (χ3v) is 10.5. The molecule has 1 aromatic heterocycles. The predicted octanol–water partition coefficient (Wildman–Crippen LogP) is 5.70. The Bertz CT molecular complexity index is 1550. The van der Waals surface area contributed by atoms with Crippen molar-refractivity contribution in [2.75, 3.05) is 43.1 Å². The van der Waals surface area contributed by atoms with Crippen LogP contribution in [0.1, 0.15) is 48.0 Å². The molecule has 2 amide bonds. The Morgan fingerprint density at radius 2 is 1.87 bits per heavy atom. The number of ether oxygens (including phenoxy) is 1. The van der Waals surface area contributed by atoms with Crippen LogP contribution in [-0.4, -0.2) is 88.6 Å². The lowest BCUT2D eigenvalue weighted by Gasteiger charge is -2.31. The number of carboxylic acids is 1. The predicted molar refractivity (Wildman–Crippen MR) is 171 cm³/mol. The highest BCUT2D eigenvalue weighted by Gasteiger charge is 2.39. The summed E-state index contributed by atoms with van der Waals surface area (Å²) in [6.45, 7) is 2.85. The van der Waals surface area contributed by atoms with E-state index in [1.807, 2.05) is 16.7 Å². The van der Waals surface area contributed by atoms with Crippen LogP contribution in [0.5, 0.6) is 0 Å². The number of furan rings is 1. The van der Waals surface area contributed by atoms with Crippen molar-refractivity contribution in [1.29, 1.82) is 0 Å². The smallest absolute Gasteiger partial charge is 0.306 e. The van der Waals surface area contributed by atoms with Gasteiger partial charge in [-0.05, 0) is 55.9 Å². The summed E-state index contributed by atoms with van der Waals surface area (Å²) in [5.41, 5.74) is 1.13. The first kappa shape index (κ1) is 31.8. The molecule has 240 valence electrons. The minimum Gasteiger partial charge on any atom is -0.481 e. The second-order valence-electron chi connectivity index (χ2n) is 12.1. The number of thioether (sulfide) groups is 1. The number of hydrogen-bond acceptors (Lipinski definition) is 7. The summed E-state index contributed by atoms with van der Waals surface area (Å²) in [6, 6.07) is 9.72. The van der Waals surface area contributed by atoms with E-state index in [1.54, 1.807) is 24.3 Å². The maximum Gasteiger partial charge on any atom is 0.306 e. The number of likely N-dealkylation sites (tertiary alicyclic amines) is 1. The van der Waals surface area contributed by atoms with E-state index in [0.29, 0.717) is 55.4 Å². The Morgan fingerprint density at radius 1 is 1.11 bits per heavy atom. The number of rotatable bonds is 9. The number of benzene rings is 2. The first-order chi connectivity index (χ1) is 21.8. The Balaban J connectivity index is 1.12. The minimum atomic E-state index is -0.752. The van der Waals surface area contributed by atoms with E-state index in [1.165, 1.54) is 12.3 Å². The molecule has 3 fully saturated rings. The summed E-state index contributed by atoms with van der Waals surface area (Å²) in [4.78, 5) is 42.3. The molecule has 0 radical (unpaired) electrons. The fourth-order valence-corrected chi connectivity index (χ4v) is 7.88. The molecule has 3 aliphatic rings. The normalized spacial score (nSPS) is 24.2. The molecular formula is C33H37ClFN3O6S. The molecular weight excluding hydrogens is 621 g/mol. The second kappa shape index (κ2) is 14.1. The highest BCUT2D eigenvalue weighted by atomic mass is 35.5. The van der Waals surface area contributed by atoms with Gasteiger partial charge in [0.1, 0.15) is 17.7 Å². The van der Waals surface area contributed by atoms with Crippen molar-refractivity contribution >= 4 is 57.8 Å². The van der Waals surface area contributed by atoms with Gasteiger partial charge in [-0.1, -0.05) is 29.8 Å². The number of nitrogens with one attached hydrogen (secondary N) is 1. The summed E-state index contributed by atoms with van der Waals surface area (Å²) < 4.78 is 27.1. The van der Waals surface area contributed by atoms with Gasteiger partial charge in [-0.15, -0.1) is 0 Å². The summed E-state index contributed by atoms with van der Waals surface area (Å²) in [5.74, 6) is -0.274. The van der Waals surface area contributed by atoms with Crippen molar-refractivity contribution in [1.82, 2.24) is 9.80 Å². The Labute approximate surface area is 270 Å². The Hall–Kier alpha value is -3.12. The van der Waals surface area contributed by atoms with Crippen LogP contribution in [0.25, 0.3) is 11.0 Å². The molecule has 2 N–H and O–H groups in total. The Morgan fingerprint density at radius 3 is 2.62 bits per heavy atom. The fraction of sp³-hybridized carbons (Fsp3) is 0.485. The molecule has 3 aromatic rings. The van der Waals surface area contributed by atoms with Gasteiger partial charge in [0, 0.05) is 42.6 Å². The van der Waals surface area contributed by atoms with Crippen LogP contribution in [0.3, 0.4) is 0 Å². The molecule has 1 saturated carbocycles. The number of para-hydroxylation sites is 1. The van der Waals surface area contributed by atoms with Crippen molar-refractivity contribution in [2.45, 2.75) is 56.7 Å². The summed E-state index contributed by atoms with van der Waals surface area (Å²) in [6.07, 6.45) is 4.49. The van der Waals surface area contributed by atoms with Gasteiger partial charge in [0.05, 0.1) is 47.4 Å². The van der Waals surface area contributed by atoms with Crippen LogP contribution in [-0.2, 0) is 20.7 Å². The molecule has 12 heteroatoms. The largest absolute Gasteiger partial charge is 0.481 e. The van der Waals surface area contributed by atoms with Gasteiger partial charge in [-0.3, -0.25) is 19.3 Å². The number of nitrogens with zero attached hydrogens (tertiary/aromatic N) is 2. The SMILES string of the molecule is O=C(Nc1cc(F)c(CC(=O)N2C[C@@H](N3CCSCC3)C[C@H]2CO[C@H]2CC[C@H](C(=O)O)CC2)cc1Cl)c1coc2ccccc12.